The average Bonchev–Trinajstić information content (AvgIpc) is 3.41. The summed E-state index contributed by atoms with van der Waals surface area (Å²) < 4.78 is 0. The topological polar surface area (TPSA) is 52.7 Å². The minimum absolute atomic E-state index is 0.0354. The van der Waals surface area contributed by atoms with Crippen molar-refractivity contribution in [2.45, 2.75) is 56.4 Å². The molecule has 2 aliphatic heterocycles. The molecule has 138 valence electrons. The number of piperidine rings is 1. The van der Waals surface area contributed by atoms with Gasteiger partial charge >= 0.3 is 6.03 Å². The summed E-state index contributed by atoms with van der Waals surface area (Å²) >= 11 is 0. The monoisotopic (exact) mass is 353 g/mol. The molecule has 1 aromatic carbocycles. The SMILES string of the molecule is O=C(C1CC1)N1CCC(NC(=O)N2CC3(CCC3)c3ccccc32)CC1. The summed E-state index contributed by atoms with van der Waals surface area (Å²) in [6, 6.07) is 8.61. The first-order valence-corrected chi connectivity index (χ1v) is 10.1. The van der Waals surface area contributed by atoms with Crippen LogP contribution in [-0.4, -0.2) is 42.5 Å². The quantitative estimate of drug-likeness (QED) is 0.888. The van der Waals surface area contributed by atoms with E-state index in [4.69, 9.17) is 0 Å². The van der Waals surface area contributed by atoms with Gasteiger partial charge in [0.1, 0.15) is 0 Å². The number of carbonyl (C=O) groups excluding carboxylic acids is 2. The molecular formula is C21H27N3O2. The minimum Gasteiger partial charge on any atom is -0.342 e. The maximum absolute atomic E-state index is 13.0. The molecular weight excluding hydrogens is 326 g/mol. The van der Waals surface area contributed by atoms with E-state index in [1.54, 1.807) is 0 Å². The molecule has 0 unspecified atom stereocenters. The lowest BCUT2D eigenvalue weighted by Crippen LogP contribution is -2.51. The molecule has 3 fully saturated rings. The Balaban J connectivity index is 1.22. The van der Waals surface area contributed by atoms with Gasteiger partial charge in [-0.2, -0.15) is 0 Å². The summed E-state index contributed by atoms with van der Waals surface area (Å²) in [6.07, 6.45) is 7.50. The van der Waals surface area contributed by atoms with E-state index in [0.717, 1.165) is 51.0 Å². The van der Waals surface area contributed by atoms with Crippen molar-refractivity contribution in [3.8, 4) is 0 Å². The minimum atomic E-state index is 0.0354. The lowest BCUT2D eigenvalue weighted by atomic mass is 9.66. The smallest absolute Gasteiger partial charge is 0.322 e. The average molecular weight is 353 g/mol. The van der Waals surface area contributed by atoms with E-state index in [2.05, 4.69) is 23.5 Å². The Bertz CT molecular complexity index is 731. The van der Waals surface area contributed by atoms with Crippen LogP contribution in [0.5, 0.6) is 0 Å². The van der Waals surface area contributed by atoms with Crippen molar-refractivity contribution in [1.82, 2.24) is 10.2 Å². The Morgan fingerprint density at radius 1 is 1.04 bits per heavy atom. The van der Waals surface area contributed by atoms with Crippen LogP contribution in [0.2, 0.25) is 0 Å². The Hall–Kier alpha value is -2.04. The van der Waals surface area contributed by atoms with Crippen LogP contribution in [0.15, 0.2) is 24.3 Å². The number of benzene rings is 1. The van der Waals surface area contributed by atoms with Crippen LogP contribution in [0.4, 0.5) is 10.5 Å². The first-order valence-electron chi connectivity index (χ1n) is 10.1. The number of hydrogen-bond donors (Lipinski definition) is 1. The molecule has 1 N–H and O–H groups in total. The molecule has 5 heteroatoms. The molecule has 5 rings (SSSR count). The van der Waals surface area contributed by atoms with Crippen LogP contribution in [0.25, 0.3) is 0 Å². The first-order chi connectivity index (χ1) is 12.7. The number of carbonyl (C=O) groups is 2. The number of fused-ring (bicyclic) bond motifs is 2. The van der Waals surface area contributed by atoms with E-state index in [1.165, 1.54) is 24.8 Å². The van der Waals surface area contributed by atoms with Gasteiger partial charge in [0.25, 0.3) is 0 Å². The zero-order valence-electron chi connectivity index (χ0n) is 15.2. The standard InChI is InChI=1S/C21H27N3O2/c25-19(15-6-7-15)23-12-8-16(9-13-23)22-20(26)24-14-21(10-3-11-21)17-4-1-2-5-18(17)24/h1-2,4-5,15-16H,3,6-14H2,(H,22,26). The fourth-order valence-electron chi connectivity index (χ4n) is 4.93. The Morgan fingerprint density at radius 2 is 1.77 bits per heavy atom. The number of nitrogens with zero attached hydrogens (tertiary/aromatic N) is 2. The third-order valence-corrected chi connectivity index (χ3v) is 6.84. The van der Waals surface area contributed by atoms with Gasteiger partial charge in [-0.25, -0.2) is 4.79 Å². The third kappa shape index (κ3) is 2.60. The maximum atomic E-state index is 13.0. The molecule has 1 aromatic rings. The normalized spacial score (nSPS) is 24.3. The van der Waals surface area contributed by atoms with E-state index in [0.29, 0.717) is 11.8 Å². The number of hydrogen-bond acceptors (Lipinski definition) is 2. The summed E-state index contributed by atoms with van der Waals surface area (Å²) in [5, 5.41) is 3.24. The van der Waals surface area contributed by atoms with Crippen molar-refractivity contribution in [1.29, 1.82) is 0 Å². The molecule has 0 bridgehead atoms. The maximum Gasteiger partial charge on any atom is 0.322 e. The summed E-state index contributed by atoms with van der Waals surface area (Å²) in [5.41, 5.74) is 2.64. The Morgan fingerprint density at radius 3 is 2.42 bits per heavy atom. The van der Waals surface area contributed by atoms with Crippen molar-refractivity contribution in [2.75, 3.05) is 24.5 Å². The summed E-state index contributed by atoms with van der Waals surface area (Å²) in [6.45, 7) is 2.37. The van der Waals surface area contributed by atoms with Gasteiger partial charge in [0.05, 0.1) is 0 Å². The molecule has 4 aliphatic rings. The molecule has 5 nitrogen and oxygen atoms in total. The molecule has 26 heavy (non-hydrogen) atoms. The van der Waals surface area contributed by atoms with Crippen LogP contribution >= 0.6 is 0 Å². The van der Waals surface area contributed by atoms with Crippen molar-refractivity contribution in [3.63, 3.8) is 0 Å². The number of rotatable bonds is 2. The van der Waals surface area contributed by atoms with Gasteiger partial charge in [-0.1, -0.05) is 24.6 Å². The lowest BCUT2D eigenvalue weighted by Gasteiger charge is -2.39. The molecule has 2 saturated carbocycles. The number of nitrogens with one attached hydrogen (secondary N) is 1. The molecule has 0 atom stereocenters. The van der Waals surface area contributed by atoms with Crippen molar-refractivity contribution in [2.24, 2.45) is 5.92 Å². The van der Waals surface area contributed by atoms with Gasteiger partial charge in [0.2, 0.25) is 5.91 Å². The van der Waals surface area contributed by atoms with Crippen LogP contribution in [0, 0.1) is 5.92 Å². The Labute approximate surface area is 154 Å². The van der Waals surface area contributed by atoms with E-state index in [1.807, 2.05) is 15.9 Å². The molecule has 0 radical (unpaired) electrons. The van der Waals surface area contributed by atoms with E-state index >= 15 is 0 Å². The molecule has 2 heterocycles. The number of likely N-dealkylation sites (tertiary alicyclic amines) is 1. The highest BCUT2D eigenvalue weighted by atomic mass is 16.2. The molecule has 2 aliphatic carbocycles. The van der Waals surface area contributed by atoms with Gasteiger partial charge in [-0.3, -0.25) is 9.69 Å². The second kappa shape index (κ2) is 6.00. The summed E-state index contributed by atoms with van der Waals surface area (Å²) in [7, 11) is 0. The highest BCUT2D eigenvalue weighted by Gasteiger charge is 2.48. The number of para-hydroxylation sites is 1. The third-order valence-electron chi connectivity index (χ3n) is 6.84. The van der Waals surface area contributed by atoms with Crippen LogP contribution < -0.4 is 10.2 Å². The predicted octanol–water partition coefficient (Wildman–Crippen LogP) is 3.04. The highest BCUT2D eigenvalue weighted by molar-refractivity contribution is 5.95. The second-order valence-corrected chi connectivity index (χ2v) is 8.56. The molecule has 3 amide bonds. The van der Waals surface area contributed by atoms with E-state index in [9.17, 15) is 9.59 Å². The molecule has 1 spiro atoms. The van der Waals surface area contributed by atoms with E-state index < -0.39 is 0 Å². The second-order valence-electron chi connectivity index (χ2n) is 8.56. The van der Waals surface area contributed by atoms with Crippen molar-refractivity contribution in [3.05, 3.63) is 29.8 Å². The highest BCUT2D eigenvalue weighted by Crippen LogP contribution is 2.52. The van der Waals surface area contributed by atoms with Crippen LogP contribution in [0.1, 0.15) is 50.5 Å². The van der Waals surface area contributed by atoms with Gasteiger partial charge in [0, 0.05) is 42.7 Å². The summed E-state index contributed by atoms with van der Waals surface area (Å²) in [5.74, 6) is 0.621. The predicted molar refractivity (Wildman–Crippen MR) is 100 cm³/mol. The fourth-order valence-corrected chi connectivity index (χ4v) is 4.93. The largest absolute Gasteiger partial charge is 0.342 e. The molecule has 1 saturated heterocycles. The number of urea groups is 1. The number of amides is 3. The lowest BCUT2D eigenvalue weighted by molar-refractivity contribution is -0.133. The van der Waals surface area contributed by atoms with Gasteiger partial charge in [-0.05, 0) is 50.2 Å². The van der Waals surface area contributed by atoms with Crippen LogP contribution in [0.3, 0.4) is 0 Å². The van der Waals surface area contributed by atoms with Crippen molar-refractivity contribution >= 4 is 17.6 Å². The summed E-state index contributed by atoms with van der Waals surface area (Å²) in [4.78, 5) is 29.1. The zero-order valence-corrected chi connectivity index (χ0v) is 15.2. The van der Waals surface area contributed by atoms with Gasteiger partial charge in [0.15, 0.2) is 0 Å². The molecule has 0 aromatic heterocycles. The van der Waals surface area contributed by atoms with Crippen LogP contribution in [-0.2, 0) is 10.2 Å². The van der Waals surface area contributed by atoms with E-state index in [-0.39, 0.29) is 17.5 Å². The zero-order chi connectivity index (χ0) is 17.7. The first kappa shape index (κ1) is 16.2. The fraction of sp³-hybridized carbons (Fsp3) is 0.619. The van der Waals surface area contributed by atoms with Crippen molar-refractivity contribution < 1.29 is 9.59 Å². The van der Waals surface area contributed by atoms with Gasteiger partial charge in [-0.15, -0.1) is 0 Å². The van der Waals surface area contributed by atoms with Gasteiger partial charge < -0.3 is 10.2 Å². The Kier molecular flexibility index (Phi) is 3.73. The number of anilines is 1.